The molecule has 4 heteroatoms. The van der Waals surface area contributed by atoms with E-state index < -0.39 is 0 Å². The number of carbonyl (C=O) groups excluding carboxylic acids is 1. The summed E-state index contributed by atoms with van der Waals surface area (Å²) in [6.07, 6.45) is 1.79. The minimum Gasteiger partial charge on any atom is -0.466 e. The van der Waals surface area contributed by atoms with Crippen LogP contribution in [-0.2, 0) is 9.53 Å². The molecule has 0 spiro atoms. The van der Waals surface area contributed by atoms with Crippen molar-refractivity contribution >= 4 is 12.2 Å². The van der Waals surface area contributed by atoms with Gasteiger partial charge in [-0.3, -0.25) is 9.79 Å². The summed E-state index contributed by atoms with van der Waals surface area (Å²) in [5, 5.41) is 0. The molecular weight excluding hydrogens is 156 g/mol. The van der Waals surface area contributed by atoms with E-state index in [9.17, 15) is 4.79 Å². The number of ether oxygens (including phenoxy) is 1. The number of nitrogens with zero attached hydrogens (tertiary/aromatic N) is 1. The number of rotatable bonds is 5. The van der Waals surface area contributed by atoms with Crippen LogP contribution in [-0.4, -0.2) is 31.4 Å². The molecule has 4 nitrogen and oxygen atoms in total. The van der Waals surface area contributed by atoms with Crippen LogP contribution in [0.1, 0.15) is 20.3 Å². The van der Waals surface area contributed by atoms with Gasteiger partial charge in [0.25, 0.3) is 0 Å². The molecule has 0 fully saturated rings. The Kier molecular flexibility index (Phi) is 6.28. The van der Waals surface area contributed by atoms with Crippen LogP contribution in [0.5, 0.6) is 0 Å². The third-order valence-electron chi connectivity index (χ3n) is 1.26. The van der Waals surface area contributed by atoms with Gasteiger partial charge in [-0.2, -0.15) is 0 Å². The third kappa shape index (κ3) is 5.85. The van der Waals surface area contributed by atoms with E-state index in [0.29, 0.717) is 13.2 Å². The minimum atomic E-state index is -0.245. The quantitative estimate of drug-likeness (QED) is 0.481. The molecule has 0 aromatic carbocycles. The van der Waals surface area contributed by atoms with E-state index in [2.05, 4.69) is 4.99 Å². The average Bonchev–Trinajstić information content (AvgIpc) is 2.04. The summed E-state index contributed by atoms with van der Waals surface area (Å²) in [5.41, 5.74) is 5.32. The summed E-state index contributed by atoms with van der Waals surface area (Å²) in [6.45, 7) is 4.58. The SMILES string of the molecule is CCOC(=O)CC=NC(C)CN. The van der Waals surface area contributed by atoms with Gasteiger partial charge in [0.2, 0.25) is 0 Å². The summed E-state index contributed by atoms with van der Waals surface area (Å²) < 4.78 is 4.70. The fourth-order valence-corrected chi connectivity index (χ4v) is 0.588. The van der Waals surface area contributed by atoms with Gasteiger partial charge in [0.1, 0.15) is 0 Å². The molecule has 0 saturated heterocycles. The Labute approximate surface area is 72.8 Å². The molecule has 1 unspecified atom stereocenters. The van der Waals surface area contributed by atoms with Crippen molar-refractivity contribution < 1.29 is 9.53 Å². The Morgan fingerprint density at radius 2 is 2.42 bits per heavy atom. The van der Waals surface area contributed by atoms with E-state index in [1.165, 1.54) is 0 Å². The van der Waals surface area contributed by atoms with Crippen LogP contribution in [0.2, 0.25) is 0 Å². The van der Waals surface area contributed by atoms with Crippen molar-refractivity contribution in [3.63, 3.8) is 0 Å². The Bertz CT molecular complexity index is 157. The number of hydrogen-bond donors (Lipinski definition) is 1. The zero-order valence-electron chi connectivity index (χ0n) is 7.62. The van der Waals surface area contributed by atoms with Crippen LogP contribution in [0.3, 0.4) is 0 Å². The third-order valence-corrected chi connectivity index (χ3v) is 1.26. The molecule has 12 heavy (non-hydrogen) atoms. The maximum absolute atomic E-state index is 10.8. The molecule has 0 aliphatic rings. The zero-order chi connectivity index (χ0) is 9.40. The monoisotopic (exact) mass is 172 g/mol. The van der Waals surface area contributed by atoms with E-state index in [1.54, 1.807) is 13.1 Å². The van der Waals surface area contributed by atoms with Crippen LogP contribution in [0.15, 0.2) is 4.99 Å². The number of aliphatic imine (C=N–C) groups is 1. The van der Waals surface area contributed by atoms with Gasteiger partial charge in [-0.05, 0) is 13.8 Å². The highest BCUT2D eigenvalue weighted by atomic mass is 16.5. The molecular formula is C8H16N2O2. The van der Waals surface area contributed by atoms with E-state index in [0.717, 1.165) is 0 Å². The van der Waals surface area contributed by atoms with Crippen molar-refractivity contribution in [3.05, 3.63) is 0 Å². The Morgan fingerprint density at radius 3 is 2.92 bits per heavy atom. The van der Waals surface area contributed by atoms with E-state index in [-0.39, 0.29) is 18.4 Å². The lowest BCUT2D eigenvalue weighted by atomic mass is 10.3. The van der Waals surface area contributed by atoms with E-state index >= 15 is 0 Å². The minimum absolute atomic E-state index is 0.0828. The fourth-order valence-electron chi connectivity index (χ4n) is 0.588. The van der Waals surface area contributed by atoms with Gasteiger partial charge >= 0.3 is 5.97 Å². The molecule has 70 valence electrons. The standard InChI is InChI=1S/C8H16N2O2/c1-3-12-8(11)4-5-10-7(2)6-9/h5,7H,3-4,6,9H2,1-2H3. The van der Waals surface area contributed by atoms with Gasteiger partial charge in [0, 0.05) is 12.8 Å². The van der Waals surface area contributed by atoms with Gasteiger partial charge in [-0.15, -0.1) is 0 Å². The second-order valence-electron chi connectivity index (χ2n) is 2.43. The summed E-state index contributed by atoms with van der Waals surface area (Å²) >= 11 is 0. The first kappa shape index (κ1) is 11.1. The number of nitrogens with two attached hydrogens (primary N) is 1. The smallest absolute Gasteiger partial charge is 0.311 e. The first-order chi connectivity index (χ1) is 5.70. The molecule has 1 atom stereocenters. The molecule has 0 bridgehead atoms. The number of carbonyl (C=O) groups is 1. The highest BCUT2D eigenvalue weighted by molar-refractivity contribution is 5.85. The fraction of sp³-hybridized carbons (Fsp3) is 0.750. The van der Waals surface area contributed by atoms with Crippen LogP contribution >= 0.6 is 0 Å². The summed E-state index contributed by atoms with van der Waals surface area (Å²) in [7, 11) is 0. The molecule has 0 aliphatic heterocycles. The average molecular weight is 172 g/mol. The summed E-state index contributed by atoms with van der Waals surface area (Å²) in [4.78, 5) is 14.8. The topological polar surface area (TPSA) is 64.7 Å². The molecule has 0 saturated carbocycles. The van der Waals surface area contributed by atoms with Crippen molar-refractivity contribution in [1.82, 2.24) is 0 Å². The Hall–Kier alpha value is -0.900. The lowest BCUT2D eigenvalue weighted by molar-refractivity contribution is -0.141. The van der Waals surface area contributed by atoms with Gasteiger partial charge < -0.3 is 10.5 Å². The normalized spacial score (nSPS) is 13.2. The van der Waals surface area contributed by atoms with Gasteiger partial charge in [0.15, 0.2) is 0 Å². The Balaban J connectivity index is 3.52. The highest BCUT2D eigenvalue weighted by Crippen LogP contribution is 1.87. The van der Waals surface area contributed by atoms with Crippen LogP contribution in [0.25, 0.3) is 0 Å². The van der Waals surface area contributed by atoms with Crippen molar-refractivity contribution in [1.29, 1.82) is 0 Å². The number of esters is 1. The van der Waals surface area contributed by atoms with Crippen molar-refractivity contribution in [2.45, 2.75) is 26.3 Å². The molecule has 0 rings (SSSR count). The lowest BCUT2D eigenvalue weighted by Crippen LogP contribution is -2.14. The molecule has 0 radical (unpaired) electrons. The van der Waals surface area contributed by atoms with E-state index in [4.69, 9.17) is 10.5 Å². The first-order valence-electron chi connectivity index (χ1n) is 4.08. The second kappa shape index (κ2) is 6.79. The highest BCUT2D eigenvalue weighted by Gasteiger charge is 1.97. The molecule has 0 aromatic heterocycles. The van der Waals surface area contributed by atoms with Crippen molar-refractivity contribution in [2.75, 3.05) is 13.2 Å². The van der Waals surface area contributed by atoms with E-state index in [1.807, 2.05) is 6.92 Å². The first-order valence-corrected chi connectivity index (χ1v) is 4.08. The van der Waals surface area contributed by atoms with Gasteiger partial charge in [0.05, 0.1) is 19.1 Å². The molecule has 2 N–H and O–H groups in total. The maximum atomic E-state index is 10.8. The molecule has 0 heterocycles. The van der Waals surface area contributed by atoms with Gasteiger partial charge in [-0.25, -0.2) is 0 Å². The molecule has 0 aliphatic carbocycles. The maximum Gasteiger partial charge on any atom is 0.311 e. The van der Waals surface area contributed by atoms with Crippen molar-refractivity contribution in [2.24, 2.45) is 10.7 Å². The lowest BCUT2D eigenvalue weighted by Gasteiger charge is -2.00. The summed E-state index contributed by atoms with van der Waals surface area (Å²) in [6, 6.07) is 0.0828. The second-order valence-corrected chi connectivity index (χ2v) is 2.43. The largest absolute Gasteiger partial charge is 0.466 e. The van der Waals surface area contributed by atoms with Crippen LogP contribution in [0.4, 0.5) is 0 Å². The van der Waals surface area contributed by atoms with Gasteiger partial charge in [-0.1, -0.05) is 0 Å². The molecule has 0 aromatic rings. The van der Waals surface area contributed by atoms with Crippen LogP contribution < -0.4 is 5.73 Å². The Morgan fingerprint density at radius 1 is 1.75 bits per heavy atom. The zero-order valence-corrected chi connectivity index (χ0v) is 7.62. The predicted octanol–water partition coefficient (Wildman–Crippen LogP) is 0.358. The van der Waals surface area contributed by atoms with Crippen LogP contribution in [0, 0.1) is 0 Å². The number of hydrogen-bond acceptors (Lipinski definition) is 4. The van der Waals surface area contributed by atoms with Crippen molar-refractivity contribution in [3.8, 4) is 0 Å². The summed E-state index contributed by atoms with van der Waals surface area (Å²) in [5.74, 6) is -0.245. The molecule has 0 amide bonds. The predicted molar refractivity (Wildman–Crippen MR) is 48.3 cm³/mol.